The maximum Gasteiger partial charge on any atom is 0.234 e. The first-order valence-corrected chi connectivity index (χ1v) is 12.6. The number of nitrogens with zero attached hydrogens (tertiary/aromatic N) is 6. The number of rotatable bonds is 7. The summed E-state index contributed by atoms with van der Waals surface area (Å²) in [5.41, 5.74) is 4.23. The molecule has 5 aromatic rings. The molecule has 0 spiro atoms. The molecule has 1 fully saturated rings. The van der Waals surface area contributed by atoms with Crippen molar-refractivity contribution < 1.29 is 4.74 Å². The molecule has 0 aliphatic carbocycles. The number of aromatic nitrogens is 5. The van der Waals surface area contributed by atoms with Gasteiger partial charge in [-0.15, -0.1) is 0 Å². The summed E-state index contributed by atoms with van der Waals surface area (Å²) >= 11 is 0. The number of hydrogen-bond donors (Lipinski definition) is 3. The van der Waals surface area contributed by atoms with Crippen LogP contribution < -0.4 is 20.3 Å². The maximum absolute atomic E-state index is 6.27. The average molecular weight is 508 g/mol. The minimum atomic E-state index is 0.422. The van der Waals surface area contributed by atoms with E-state index >= 15 is 0 Å². The molecule has 38 heavy (non-hydrogen) atoms. The van der Waals surface area contributed by atoms with Gasteiger partial charge in [0, 0.05) is 56.4 Å². The van der Waals surface area contributed by atoms with E-state index in [1.165, 1.54) is 5.69 Å². The third-order valence-corrected chi connectivity index (χ3v) is 6.61. The second-order valence-electron chi connectivity index (χ2n) is 9.20. The van der Waals surface area contributed by atoms with Crippen LogP contribution >= 0.6 is 0 Å². The predicted octanol–water partition coefficient (Wildman–Crippen LogP) is 4.74. The van der Waals surface area contributed by atoms with Crippen LogP contribution in [0.2, 0.25) is 0 Å². The number of ether oxygens (including phenoxy) is 1. The van der Waals surface area contributed by atoms with Gasteiger partial charge in [0.1, 0.15) is 17.2 Å². The van der Waals surface area contributed by atoms with Gasteiger partial charge in [0.15, 0.2) is 0 Å². The highest BCUT2D eigenvalue weighted by molar-refractivity contribution is 5.97. The molecule has 3 aromatic heterocycles. The second-order valence-corrected chi connectivity index (χ2v) is 9.20. The summed E-state index contributed by atoms with van der Waals surface area (Å²) in [6.45, 7) is 4.20. The zero-order valence-electron chi connectivity index (χ0n) is 21.3. The molecule has 0 saturated carbocycles. The van der Waals surface area contributed by atoms with Crippen LogP contribution in [0, 0.1) is 0 Å². The van der Waals surface area contributed by atoms with Gasteiger partial charge in [0.2, 0.25) is 11.8 Å². The van der Waals surface area contributed by atoms with Crippen molar-refractivity contribution in [2.24, 2.45) is 0 Å². The van der Waals surface area contributed by atoms with E-state index in [1.807, 2.05) is 43.6 Å². The maximum atomic E-state index is 6.27. The van der Waals surface area contributed by atoms with E-state index < -0.39 is 0 Å². The highest BCUT2D eigenvalue weighted by Crippen LogP contribution is 2.36. The molecular formula is C28H29N9O. The van der Waals surface area contributed by atoms with E-state index in [0.717, 1.165) is 42.8 Å². The van der Waals surface area contributed by atoms with E-state index in [1.54, 1.807) is 12.4 Å². The Kier molecular flexibility index (Phi) is 6.45. The Morgan fingerprint density at radius 2 is 1.68 bits per heavy atom. The molecule has 1 saturated heterocycles. The highest BCUT2D eigenvalue weighted by atomic mass is 16.5. The Morgan fingerprint density at radius 3 is 2.45 bits per heavy atom. The van der Waals surface area contributed by atoms with Gasteiger partial charge < -0.3 is 30.2 Å². The predicted molar refractivity (Wildman–Crippen MR) is 150 cm³/mol. The van der Waals surface area contributed by atoms with E-state index in [0.29, 0.717) is 34.7 Å². The van der Waals surface area contributed by atoms with Crippen molar-refractivity contribution in [2.75, 3.05) is 55.8 Å². The molecule has 0 atom stereocenters. The highest BCUT2D eigenvalue weighted by Gasteiger charge is 2.19. The van der Waals surface area contributed by atoms with E-state index in [-0.39, 0.29) is 0 Å². The third-order valence-electron chi connectivity index (χ3n) is 6.61. The van der Waals surface area contributed by atoms with Crippen LogP contribution in [0.25, 0.3) is 22.3 Å². The number of anilines is 4. The molecule has 1 aliphatic heterocycles. The fourth-order valence-corrected chi connectivity index (χ4v) is 4.50. The van der Waals surface area contributed by atoms with Crippen molar-refractivity contribution in [3.05, 3.63) is 73.2 Å². The van der Waals surface area contributed by atoms with Gasteiger partial charge in [-0.25, -0.2) is 4.98 Å². The first-order valence-electron chi connectivity index (χ1n) is 12.6. The van der Waals surface area contributed by atoms with Gasteiger partial charge in [-0.05, 0) is 43.4 Å². The summed E-state index contributed by atoms with van der Waals surface area (Å²) in [5, 5.41) is 7.10. The van der Waals surface area contributed by atoms with Gasteiger partial charge in [-0.1, -0.05) is 18.2 Å². The monoisotopic (exact) mass is 507 g/mol. The molecule has 10 nitrogen and oxygen atoms in total. The molecular weight excluding hydrogens is 478 g/mol. The minimum Gasteiger partial charge on any atom is -0.438 e. The first kappa shape index (κ1) is 23.7. The summed E-state index contributed by atoms with van der Waals surface area (Å²) in [5.74, 6) is 2.20. The number of H-pyrrole nitrogens is 1. The fourth-order valence-electron chi connectivity index (χ4n) is 4.50. The second kappa shape index (κ2) is 10.3. The number of likely N-dealkylation sites (N-methyl/N-ethyl adjacent to an activating group) is 1. The number of hydrogen-bond acceptors (Lipinski definition) is 9. The SMILES string of the molecule is CNc1cncc(-c2c[nH]c3nc(Nc4ccc(N5CCN(C)CC5)cc4)nc(Oc4ccccc4)c23)n1. The van der Waals surface area contributed by atoms with Crippen LogP contribution in [0.3, 0.4) is 0 Å². The lowest BCUT2D eigenvalue weighted by atomic mass is 10.2. The topological polar surface area (TPSA) is 107 Å². The number of nitrogens with one attached hydrogen (secondary N) is 3. The summed E-state index contributed by atoms with van der Waals surface area (Å²) in [4.78, 5) is 26.5. The molecule has 2 aromatic carbocycles. The van der Waals surface area contributed by atoms with Gasteiger partial charge in [0.25, 0.3) is 0 Å². The quantitative estimate of drug-likeness (QED) is 0.288. The van der Waals surface area contributed by atoms with Crippen LogP contribution in [-0.2, 0) is 0 Å². The Labute approximate surface area is 220 Å². The zero-order chi connectivity index (χ0) is 25.9. The van der Waals surface area contributed by atoms with Crippen LogP contribution in [0.4, 0.5) is 23.1 Å². The molecule has 0 radical (unpaired) electrons. The lowest BCUT2D eigenvalue weighted by Crippen LogP contribution is -2.44. The molecule has 192 valence electrons. The van der Waals surface area contributed by atoms with E-state index in [9.17, 15) is 0 Å². The van der Waals surface area contributed by atoms with Gasteiger partial charge >= 0.3 is 0 Å². The molecule has 3 N–H and O–H groups in total. The lowest BCUT2D eigenvalue weighted by molar-refractivity contribution is 0.313. The first-order chi connectivity index (χ1) is 18.7. The zero-order valence-corrected chi connectivity index (χ0v) is 21.3. The van der Waals surface area contributed by atoms with Crippen LogP contribution in [0.1, 0.15) is 0 Å². The Bertz CT molecular complexity index is 1530. The van der Waals surface area contributed by atoms with Gasteiger partial charge in [-0.2, -0.15) is 9.97 Å². The fraction of sp³-hybridized carbons (Fsp3) is 0.214. The summed E-state index contributed by atoms with van der Waals surface area (Å²) in [7, 11) is 3.97. The molecule has 6 rings (SSSR count). The van der Waals surface area contributed by atoms with Gasteiger partial charge in [-0.3, -0.25) is 4.98 Å². The third kappa shape index (κ3) is 4.94. The molecule has 10 heteroatoms. The van der Waals surface area contributed by atoms with Crippen LogP contribution in [-0.4, -0.2) is 70.1 Å². The largest absolute Gasteiger partial charge is 0.438 e. The summed E-state index contributed by atoms with van der Waals surface area (Å²) < 4.78 is 6.27. The Hall–Kier alpha value is -4.70. The van der Waals surface area contributed by atoms with Crippen molar-refractivity contribution in [1.29, 1.82) is 0 Å². The summed E-state index contributed by atoms with van der Waals surface area (Å²) in [6, 6.07) is 18.0. The van der Waals surface area contributed by atoms with Gasteiger partial charge in [0.05, 0.1) is 23.5 Å². The number of aromatic amines is 1. The molecule has 0 unspecified atom stereocenters. The molecule has 0 amide bonds. The average Bonchev–Trinajstić information content (AvgIpc) is 3.39. The Morgan fingerprint density at radius 1 is 0.895 bits per heavy atom. The minimum absolute atomic E-state index is 0.422. The van der Waals surface area contributed by atoms with Crippen molar-refractivity contribution in [3.8, 4) is 22.9 Å². The molecule has 4 heterocycles. The lowest BCUT2D eigenvalue weighted by Gasteiger charge is -2.34. The van der Waals surface area contributed by atoms with Crippen LogP contribution in [0.5, 0.6) is 11.6 Å². The van der Waals surface area contributed by atoms with E-state index in [4.69, 9.17) is 14.7 Å². The van der Waals surface area contributed by atoms with Crippen molar-refractivity contribution >= 4 is 34.2 Å². The smallest absolute Gasteiger partial charge is 0.234 e. The number of fused-ring (bicyclic) bond motifs is 1. The van der Waals surface area contributed by atoms with Crippen LogP contribution in [0.15, 0.2) is 73.2 Å². The molecule has 0 bridgehead atoms. The number of piperazine rings is 1. The standard InChI is InChI=1S/C28H29N9O/c1-29-24-18-30-17-23(33-24)22-16-31-26-25(22)27(38-21-6-4-3-5-7-21)35-28(34-26)32-19-8-10-20(11-9-19)37-14-12-36(2)13-15-37/h3-11,16-18H,12-15H2,1-2H3,(H,29,33)(H2,31,32,34,35). The van der Waals surface area contributed by atoms with Crippen molar-refractivity contribution in [1.82, 2.24) is 29.8 Å². The summed E-state index contributed by atoms with van der Waals surface area (Å²) in [6.07, 6.45) is 5.24. The molecule has 1 aliphatic rings. The normalized spacial score (nSPS) is 14.0. The Balaban J connectivity index is 1.33. The van der Waals surface area contributed by atoms with Crippen molar-refractivity contribution in [3.63, 3.8) is 0 Å². The number of para-hydroxylation sites is 1. The number of benzene rings is 2. The van der Waals surface area contributed by atoms with Crippen molar-refractivity contribution in [2.45, 2.75) is 0 Å². The van der Waals surface area contributed by atoms with E-state index in [2.05, 4.69) is 66.7 Å².